The Kier molecular flexibility index (Phi) is 30.9. The topological polar surface area (TPSA) is 361 Å². The van der Waals surface area contributed by atoms with Crippen LogP contribution in [0.1, 0.15) is 0 Å². The van der Waals surface area contributed by atoms with Crippen LogP contribution < -0.4 is 43.6 Å². The number of hydrogen-bond acceptors (Lipinski definition) is 15. The van der Waals surface area contributed by atoms with E-state index in [0.717, 1.165) is 217 Å². The Morgan fingerprint density at radius 2 is 0.660 bits per heavy atom. The zero-order valence-electron chi connectivity index (χ0n) is 78.5. The standard InChI is InChI=1S/3C18H13N5O.2C17H11N5O.C10H6NO.C4H6N2.C3H3N2.6Pt/c3*1-21-6-7-23(11-21)15-5-3-4-12-16(15)20-17-13(9-24-18(12)17)14-8-22(2)10-19-14;2*1-21-7-13(19-10-21)12-8-23-17-11-3-2-4-14(15(11)20-16(12)17)22-6-5-18-9-22;1-2-4-8-7(3-1)10-9(11-8)5-6-12-10;1-6-3-2-5-4-6;1-2-5-3-4-1;;;;;;/h3*3-9H,1-2H3;2*2-8,10H,1H3;1-6H;2-4H,1H3;1-2H,(H,4,5);;;;;;/q5*-2;-1;;-1;;;;3*+2. The zero-order chi connectivity index (χ0) is 95.5. The van der Waals surface area contributed by atoms with Gasteiger partial charge in [0.2, 0.25) is 19.0 Å². The molecular weight excluding hydrogens is 2950 g/mol. The smallest absolute Gasteiger partial charge is 0.660 e. The number of nitrogens with one attached hydrogen (secondary N) is 1. The van der Waals surface area contributed by atoms with Crippen LogP contribution in [0.5, 0.6) is 0 Å². The van der Waals surface area contributed by atoms with Gasteiger partial charge in [-0.25, -0.2) is 15.0 Å². The second-order valence-electron chi connectivity index (χ2n) is 33.0. The molecule has 748 valence electrons. The molecule has 6 aromatic carbocycles. The normalized spacial score (nSPS) is 11.0. The van der Waals surface area contributed by atoms with E-state index in [0.29, 0.717) is 0 Å². The number of furan rings is 6. The predicted molar refractivity (Wildman–Crippen MR) is 520 cm³/mol. The molecule has 24 heterocycles. The first-order valence-corrected chi connectivity index (χ1v) is 44.0. The molecule has 147 heavy (non-hydrogen) atoms. The predicted octanol–water partition coefficient (Wildman–Crippen LogP) is 15.5. The summed E-state index contributed by atoms with van der Waals surface area (Å²) in [5, 5.41) is 6.00. The number of nitrogens with zero attached hydrogens (tertiary/aromatic N) is 29. The Morgan fingerprint density at radius 3 is 0.932 bits per heavy atom. The fourth-order valence-electron chi connectivity index (χ4n) is 16.8. The second kappa shape index (κ2) is 44.2. The molecule has 1 N–H and O–H groups in total. The van der Waals surface area contributed by atoms with Crippen molar-refractivity contribution in [2.24, 2.45) is 63.4 Å². The molecule has 0 bridgehead atoms. The first-order valence-electron chi connectivity index (χ1n) is 44.0. The Morgan fingerprint density at radius 1 is 0.306 bits per heavy atom. The molecule has 0 radical (unpaired) electrons. The van der Waals surface area contributed by atoms with E-state index in [1.807, 2.05) is 322 Å². The molecule has 0 spiro atoms. The van der Waals surface area contributed by atoms with Gasteiger partial charge in [-0.1, -0.05) is 190 Å². The van der Waals surface area contributed by atoms with Gasteiger partial charge in [0.15, 0.2) is 0 Å². The molecule has 30 rings (SSSR count). The van der Waals surface area contributed by atoms with Crippen LogP contribution >= 0.6 is 0 Å². The van der Waals surface area contributed by atoms with Crippen molar-refractivity contribution in [3.8, 4) is 84.7 Å². The van der Waals surface area contributed by atoms with Crippen LogP contribution in [0.2, 0.25) is 0 Å². The molecule has 30 aromatic rings. The van der Waals surface area contributed by atoms with Crippen molar-refractivity contribution in [1.82, 2.24) is 130 Å². The van der Waals surface area contributed by atoms with Crippen molar-refractivity contribution in [2.45, 2.75) is 0 Å². The van der Waals surface area contributed by atoms with Gasteiger partial charge in [0.25, 0.3) is 0 Å². The van der Waals surface area contributed by atoms with Gasteiger partial charge in [-0.15, -0.1) is 64.1 Å². The molecule has 0 atom stereocenters. The van der Waals surface area contributed by atoms with Gasteiger partial charge in [0.1, 0.15) is 33.5 Å². The van der Waals surface area contributed by atoms with Crippen LogP contribution in [0.15, 0.2) is 322 Å². The van der Waals surface area contributed by atoms with Crippen LogP contribution in [-0.2, 0) is 190 Å². The van der Waals surface area contributed by atoms with Gasteiger partial charge in [0.05, 0.1) is 89.1 Å². The number of fused-ring (bicyclic) bond motifs is 18. The molecule has 0 aliphatic carbocycles. The van der Waals surface area contributed by atoms with E-state index in [-0.39, 0.29) is 126 Å². The average molecular weight is 3020 g/mol. The summed E-state index contributed by atoms with van der Waals surface area (Å²) in [5.41, 5.74) is 28.6. The summed E-state index contributed by atoms with van der Waals surface area (Å²) in [4.78, 5) is 68.1. The first kappa shape index (κ1) is 103. The van der Waals surface area contributed by atoms with Crippen molar-refractivity contribution < 1.29 is 167 Å². The monoisotopic (exact) mass is 3020 g/mol. The average Bonchev–Trinajstić information content (AvgIpc) is 1.61. The van der Waals surface area contributed by atoms with Crippen LogP contribution in [0.25, 0.3) is 217 Å². The number of para-hydroxylation sites is 6. The molecular formula is C105H76N30O6Pt6-6. The van der Waals surface area contributed by atoms with E-state index < -0.39 is 0 Å². The Balaban J connectivity index is 0.000000118. The fourth-order valence-corrected chi connectivity index (χ4v) is 16.8. The van der Waals surface area contributed by atoms with Crippen molar-refractivity contribution in [1.29, 1.82) is 0 Å². The third kappa shape index (κ3) is 20.2. The third-order valence-corrected chi connectivity index (χ3v) is 23.3. The van der Waals surface area contributed by atoms with E-state index in [1.54, 1.807) is 101 Å². The molecule has 0 aliphatic heterocycles. The Hall–Kier alpha value is -15.6. The van der Waals surface area contributed by atoms with E-state index in [9.17, 15) is 0 Å². The number of aryl methyl sites for hydroxylation is 9. The Bertz CT molecular complexity index is 8950. The largest absolute Gasteiger partial charge is 2.00 e. The number of rotatable bonds is 10. The van der Waals surface area contributed by atoms with E-state index in [2.05, 4.69) is 112 Å². The van der Waals surface area contributed by atoms with Gasteiger partial charge in [-0.3, -0.25) is 0 Å². The minimum absolute atomic E-state index is 0. The summed E-state index contributed by atoms with van der Waals surface area (Å²) < 4.78 is 60.5. The molecule has 24 aromatic heterocycles. The van der Waals surface area contributed by atoms with Crippen molar-refractivity contribution in [3.63, 3.8) is 0 Å². The number of imidazole rings is 12. The summed E-state index contributed by atoms with van der Waals surface area (Å²) in [6, 6.07) is 40.0. The number of aromatic nitrogens is 30. The van der Waals surface area contributed by atoms with Crippen LogP contribution in [0, 0.1) is 56.9 Å². The summed E-state index contributed by atoms with van der Waals surface area (Å²) >= 11 is 0. The van der Waals surface area contributed by atoms with Crippen LogP contribution in [0.4, 0.5) is 0 Å². The number of benzene rings is 6. The van der Waals surface area contributed by atoms with Gasteiger partial charge in [-0.05, 0) is 88.5 Å². The van der Waals surface area contributed by atoms with Crippen molar-refractivity contribution in [3.05, 3.63) is 353 Å². The van der Waals surface area contributed by atoms with Crippen molar-refractivity contribution >= 4 is 132 Å². The zero-order valence-corrected chi connectivity index (χ0v) is 92.2. The molecule has 0 aliphatic rings. The van der Waals surface area contributed by atoms with Crippen LogP contribution in [0.3, 0.4) is 0 Å². The fraction of sp³-hybridized carbons (Fsp3) is 0.0857. The number of H-pyrrole nitrogens is 1. The van der Waals surface area contributed by atoms with Gasteiger partial charge < -0.3 is 155 Å². The maximum Gasteiger partial charge on any atom is 2.00 e. The maximum atomic E-state index is 5.81. The Labute approximate surface area is 920 Å². The minimum Gasteiger partial charge on any atom is -0.660 e. The quantitative estimate of drug-likeness (QED) is 0.0981. The number of aromatic amines is 1. The molecule has 0 unspecified atom stereocenters. The molecule has 42 heteroatoms. The second-order valence-corrected chi connectivity index (χ2v) is 33.0. The molecule has 0 saturated carbocycles. The molecule has 36 nitrogen and oxygen atoms in total. The van der Waals surface area contributed by atoms with Gasteiger partial charge >= 0.3 is 63.2 Å². The van der Waals surface area contributed by atoms with E-state index in [1.165, 1.54) is 0 Å². The van der Waals surface area contributed by atoms with E-state index in [4.69, 9.17) is 51.4 Å². The third-order valence-electron chi connectivity index (χ3n) is 23.3. The molecule has 0 amide bonds. The van der Waals surface area contributed by atoms with Gasteiger partial charge in [-0.2, -0.15) is 0 Å². The summed E-state index contributed by atoms with van der Waals surface area (Å²) in [6.45, 7) is 0. The van der Waals surface area contributed by atoms with Gasteiger partial charge in [0, 0.05) is 212 Å². The maximum absolute atomic E-state index is 5.81. The molecule has 0 fully saturated rings. The summed E-state index contributed by atoms with van der Waals surface area (Å²) in [5.74, 6) is 0. The SMILES string of the molecule is Cn1[c-]nc(-c2coc3c2[n-]c2c(-n4[c-][n+](C)cc4)cccc23)c1.Cn1[c-]nc(-c2coc3c2[n-]c2c(-n4[c-][n+](C)cc4)cccc23)c1.Cn1[c-]nc(-c2coc3c2[n-]c2c(-n4[c-][n+](C)cc4)cccc23)c1.Cn1ccnc1.Cn1cnc(-c2coc3c2[n-]c2c(-n4[c-]ncc4)cccc23)c1.Cn1cnc(-c2coc3c2[n-]c2c(-n4[c-]ncc4)cccc23)c1.[Pt+2].[Pt+2].[Pt+2].[Pt].[Pt].[Pt].[c-]1ncc[nH]1.c1ccc2c(c1)[n-]c1ccoc12. The van der Waals surface area contributed by atoms with E-state index >= 15 is 0 Å². The summed E-state index contributed by atoms with van der Waals surface area (Å²) in [7, 11) is 17.3. The van der Waals surface area contributed by atoms with Crippen molar-refractivity contribution in [2.75, 3.05) is 0 Å². The first-order chi connectivity index (χ1) is 69.1. The minimum atomic E-state index is 0. The number of hydrogen-bond donors (Lipinski definition) is 1. The van der Waals surface area contributed by atoms with Crippen LogP contribution in [-0.4, -0.2) is 100 Å². The summed E-state index contributed by atoms with van der Waals surface area (Å²) in [6.07, 6.45) is 77.5. The molecule has 0 saturated heterocycles.